The highest BCUT2D eigenvalue weighted by molar-refractivity contribution is 8.14. The number of hydrogen-bond acceptors (Lipinski definition) is 11. The first kappa shape index (κ1) is 37.4. The summed E-state index contributed by atoms with van der Waals surface area (Å²) in [7, 11) is 3.06. The van der Waals surface area contributed by atoms with Gasteiger partial charge in [-0.15, -0.1) is 0 Å². The van der Waals surface area contributed by atoms with E-state index in [0.717, 1.165) is 11.8 Å². The van der Waals surface area contributed by atoms with E-state index in [4.69, 9.17) is 24.2 Å². The van der Waals surface area contributed by atoms with Crippen LogP contribution < -0.4 is 24.4 Å². The van der Waals surface area contributed by atoms with E-state index in [2.05, 4.69) is 5.32 Å². The minimum Gasteiger partial charge on any atom is -0.493 e. The van der Waals surface area contributed by atoms with Crippen LogP contribution in [0.1, 0.15) is 37.0 Å². The number of methoxy groups -OCH3 is 2. The number of ether oxygens (including phenoxy) is 3. The van der Waals surface area contributed by atoms with Gasteiger partial charge in [0.1, 0.15) is 17.6 Å². The Balaban J connectivity index is 1.17. The largest absolute Gasteiger partial charge is 0.493 e. The fourth-order valence-corrected chi connectivity index (χ4v) is 7.38. The third-order valence-corrected chi connectivity index (χ3v) is 10.6. The van der Waals surface area contributed by atoms with E-state index >= 15 is 0 Å². The van der Waals surface area contributed by atoms with Crippen LogP contribution in [0.3, 0.4) is 0 Å². The van der Waals surface area contributed by atoms with Gasteiger partial charge < -0.3 is 34.2 Å². The Hall–Kier alpha value is -5.37. The molecule has 0 radical (unpaired) electrons. The lowest BCUT2D eigenvalue weighted by atomic mass is 10.1. The van der Waals surface area contributed by atoms with Gasteiger partial charge in [-0.1, -0.05) is 67.2 Å². The van der Waals surface area contributed by atoms with Gasteiger partial charge in [0.15, 0.2) is 17.6 Å². The molecular formula is C39H44N6O7S. The lowest BCUT2D eigenvalue weighted by Gasteiger charge is -2.36. The lowest BCUT2D eigenvalue weighted by Crippen LogP contribution is -2.52. The number of para-hydroxylation sites is 1. The van der Waals surface area contributed by atoms with Crippen molar-refractivity contribution in [2.75, 3.05) is 62.9 Å². The Kier molecular flexibility index (Phi) is 12.0. The number of piperazine rings is 1. The summed E-state index contributed by atoms with van der Waals surface area (Å²) < 4.78 is 17.0. The molecule has 4 aromatic rings. The van der Waals surface area contributed by atoms with Crippen molar-refractivity contribution in [1.29, 1.82) is 0 Å². The molecule has 6 rings (SSSR count). The number of benzene rings is 3. The van der Waals surface area contributed by atoms with Crippen molar-refractivity contribution in [2.45, 2.75) is 38.8 Å². The van der Waals surface area contributed by atoms with Crippen LogP contribution in [-0.2, 0) is 14.4 Å². The Bertz CT molecular complexity index is 1940. The number of carbonyl (C=O) groups excluding carboxylic acids is 4. The van der Waals surface area contributed by atoms with Crippen LogP contribution in [0.25, 0.3) is 10.9 Å². The number of fused-ring (bicyclic) bond motifs is 1. The van der Waals surface area contributed by atoms with Crippen molar-refractivity contribution in [3.05, 3.63) is 78.4 Å². The highest BCUT2D eigenvalue weighted by Gasteiger charge is 2.37. The summed E-state index contributed by atoms with van der Waals surface area (Å²) in [5, 5.41) is 3.45. The maximum absolute atomic E-state index is 14.0. The van der Waals surface area contributed by atoms with Crippen molar-refractivity contribution < 1.29 is 33.4 Å². The van der Waals surface area contributed by atoms with Crippen molar-refractivity contribution >= 4 is 57.3 Å². The Labute approximate surface area is 313 Å². The maximum atomic E-state index is 14.0. The zero-order valence-corrected chi connectivity index (χ0v) is 31.1. The quantitative estimate of drug-likeness (QED) is 0.212. The normalized spacial score (nSPS) is 16.9. The summed E-state index contributed by atoms with van der Waals surface area (Å²) in [5.74, 6) is 1.39. The van der Waals surface area contributed by atoms with Gasteiger partial charge in [0.2, 0.25) is 22.9 Å². The molecule has 1 aromatic heterocycles. The summed E-state index contributed by atoms with van der Waals surface area (Å²) in [5.41, 5.74) is 1.11. The highest BCUT2D eigenvalue weighted by atomic mass is 32.2. The summed E-state index contributed by atoms with van der Waals surface area (Å²) in [4.78, 5) is 68.5. The smallest absolute Gasteiger partial charge is 0.263 e. The molecule has 2 saturated heterocycles. The topological polar surface area (TPSA) is 144 Å². The van der Waals surface area contributed by atoms with Crippen LogP contribution >= 0.6 is 11.8 Å². The lowest BCUT2D eigenvalue weighted by molar-refractivity contribution is -0.139. The first-order valence-electron chi connectivity index (χ1n) is 17.7. The van der Waals surface area contributed by atoms with Crippen LogP contribution in [0.2, 0.25) is 0 Å². The summed E-state index contributed by atoms with van der Waals surface area (Å²) in [6.07, 6.45) is 0.520. The molecule has 1 N–H and O–H groups in total. The number of carbonyl (C=O) groups is 4. The van der Waals surface area contributed by atoms with Crippen molar-refractivity contribution in [2.24, 2.45) is 5.92 Å². The number of nitrogens with one attached hydrogen (secondary N) is 1. The monoisotopic (exact) mass is 740 g/mol. The number of likely N-dealkylation sites (tertiary alicyclic amines) is 1. The number of hydrogen-bond donors (Lipinski definition) is 1. The average Bonchev–Trinajstić information content (AvgIpc) is 3.70. The van der Waals surface area contributed by atoms with Crippen molar-refractivity contribution in [1.82, 2.24) is 19.8 Å². The molecule has 2 aliphatic rings. The maximum Gasteiger partial charge on any atom is 0.263 e. The number of nitrogens with zero attached hydrogens (tertiary/aromatic N) is 5. The zero-order chi connectivity index (χ0) is 37.5. The molecule has 13 nitrogen and oxygen atoms in total. The molecular weight excluding hydrogens is 697 g/mol. The van der Waals surface area contributed by atoms with Gasteiger partial charge in [0.25, 0.3) is 5.91 Å². The van der Waals surface area contributed by atoms with Crippen molar-refractivity contribution in [3.8, 4) is 17.2 Å². The van der Waals surface area contributed by atoms with E-state index in [1.807, 2.05) is 41.3 Å². The number of aromatic nitrogens is 2. The van der Waals surface area contributed by atoms with E-state index in [1.165, 1.54) is 14.2 Å². The molecule has 0 saturated carbocycles. The second-order valence-electron chi connectivity index (χ2n) is 13.0. The first-order valence-corrected chi connectivity index (χ1v) is 18.7. The van der Waals surface area contributed by atoms with Crippen LogP contribution in [0.5, 0.6) is 17.2 Å². The van der Waals surface area contributed by atoms with E-state index in [1.54, 1.807) is 60.0 Å². The molecule has 0 bridgehead atoms. The Morgan fingerprint density at radius 2 is 1.51 bits per heavy atom. The molecule has 2 fully saturated rings. The second-order valence-corrected chi connectivity index (χ2v) is 14.0. The third kappa shape index (κ3) is 8.65. The molecule has 2 aliphatic heterocycles. The fourth-order valence-electron chi connectivity index (χ4n) is 6.53. The molecule has 0 spiro atoms. The van der Waals surface area contributed by atoms with Crippen LogP contribution in [-0.4, -0.2) is 107 Å². The zero-order valence-electron chi connectivity index (χ0n) is 30.3. The second kappa shape index (κ2) is 17.0. The molecule has 3 atom stereocenters. The summed E-state index contributed by atoms with van der Waals surface area (Å²) >= 11 is 1.10. The number of rotatable bonds is 12. The summed E-state index contributed by atoms with van der Waals surface area (Å²) in [6, 6.07) is 21.0. The molecule has 3 heterocycles. The molecule has 3 amide bonds. The van der Waals surface area contributed by atoms with Gasteiger partial charge in [0.05, 0.1) is 19.7 Å². The number of anilines is 2. The first-order chi connectivity index (χ1) is 25.7. The summed E-state index contributed by atoms with van der Waals surface area (Å²) in [6.45, 7) is 5.77. The van der Waals surface area contributed by atoms with Gasteiger partial charge in [-0.25, -0.2) is 4.98 Å². The Morgan fingerprint density at radius 3 is 2.19 bits per heavy atom. The molecule has 3 aromatic carbocycles. The molecule has 0 aliphatic carbocycles. The van der Waals surface area contributed by atoms with E-state index in [0.29, 0.717) is 91.0 Å². The fraction of sp³-hybridized carbons (Fsp3) is 0.385. The van der Waals surface area contributed by atoms with Gasteiger partial charge >= 0.3 is 0 Å². The standard InChI is InChI=1S/C39H44N6O7S/c1-25(24-53-38(49)27-12-7-5-8-13-27)36(47)45-17-11-16-31(45)35(46)41-34-29-22-32(50-3)33(51-4)23-30(29)40-39(42-34)44-20-18-43(19-21-44)37(48)26(2)52-28-14-9-6-10-15-28/h5-10,12-15,22-23,25-26,31H,11,16-21,24H2,1-4H3,(H,40,41,42,46)/t25?,26?,31-/m0/s1. The predicted octanol–water partition coefficient (Wildman–Crippen LogP) is 4.90. The average molecular weight is 741 g/mol. The minimum absolute atomic E-state index is 0.0980. The highest BCUT2D eigenvalue weighted by Crippen LogP contribution is 2.36. The van der Waals surface area contributed by atoms with Crippen LogP contribution in [0.4, 0.5) is 11.8 Å². The SMILES string of the molecule is COc1cc2nc(N3CCN(C(=O)C(C)Oc4ccccc4)CC3)nc(NC(=O)[C@@H]3CCCN3C(=O)C(C)CSC(=O)c3ccccc3)c2cc1OC. The van der Waals surface area contributed by atoms with E-state index in [-0.39, 0.29) is 28.7 Å². The molecule has 14 heteroatoms. The van der Waals surface area contributed by atoms with Gasteiger partial charge in [-0.2, -0.15) is 4.98 Å². The minimum atomic E-state index is -0.706. The van der Waals surface area contributed by atoms with Crippen molar-refractivity contribution in [3.63, 3.8) is 0 Å². The van der Waals surface area contributed by atoms with Gasteiger partial charge in [0, 0.05) is 61.4 Å². The molecule has 278 valence electrons. The van der Waals surface area contributed by atoms with E-state index in [9.17, 15) is 19.2 Å². The molecule has 53 heavy (non-hydrogen) atoms. The third-order valence-electron chi connectivity index (χ3n) is 9.44. The van der Waals surface area contributed by atoms with Gasteiger partial charge in [-0.05, 0) is 38.0 Å². The predicted molar refractivity (Wildman–Crippen MR) is 204 cm³/mol. The van der Waals surface area contributed by atoms with E-state index < -0.39 is 18.1 Å². The Morgan fingerprint density at radius 1 is 0.849 bits per heavy atom. The number of thioether (sulfide) groups is 1. The molecule has 2 unspecified atom stereocenters. The van der Waals surface area contributed by atoms with Crippen LogP contribution in [0.15, 0.2) is 72.8 Å². The van der Waals surface area contributed by atoms with Gasteiger partial charge in [-0.3, -0.25) is 19.2 Å². The number of amides is 3. The van der Waals surface area contributed by atoms with Crippen LogP contribution in [0, 0.1) is 5.92 Å².